The third-order valence-electron chi connectivity index (χ3n) is 7.41. The number of halogens is 1. The van der Waals surface area contributed by atoms with Crippen LogP contribution in [0.5, 0.6) is 11.5 Å². The maximum Gasteiger partial charge on any atom is 0.164 e. The smallest absolute Gasteiger partial charge is 0.164 e. The maximum atomic E-state index is 13.7. The van der Waals surface area contributed by atoms with Gasteiger partial charge in [-0.25, -0.2) is 4.39 Å². The van der Waals surface area contributed by atoms with Crippen LogP contribution in [0.2, 0.25) is 0 Å². The molecule has 5 rings (SSSR count). The van der Waals surface area contributed by atoms with Crippen LogP contribution in [0.3, 0.4) is 0 Å². The molecular weight excluding hydrogens is 467 g/mol. The predicted molar refractivity (Wildman–Crippen MR) is 140 cm³/mol. The summed E-state index contributed by atoms with van der Waals surface area (Å²) in [5.74, 6) is 1.51. The van der Waals surface area contributed by atoms with Crippen molar-refractivity contribution < 1.29 is 18.6 Å². The Kier molecular flexibility index (Phi) is 7.73. The Hall–Kier alpha value is -3.40. The Morgan fingerprint density at radius 1 is 0.973 bits per heavy atom. The number of nitriles is 1. The summed E-state index contributed by atoms with van der Waals surface area (Å²) < 4.78 is 31.7. The first-order chi connectivity index (χ1) is 18.1. The van der Waals surface area contributed by atoms with Crippen LogP contribution in [-0.2, 0) is 23.4 Å². The van der Waals surface area contributed by atoms with Gasteiger partial charge in [-0.1, -0.05) is 30.3 Å². The largest absolute Gasteiger partial charge is 0.486 e. The molecule has 3 aromatic rings. The van der Waals surface area contributed by atoms with Gasteiger partial charge in [-0.05, 0) is 105 Å². The van der Waals surface area contributed by atoms with Gasteiger partial charge in [-0.3, -0.25) is 0 Å². The van der Waals surface area contributed by atoms with Gasteiger partial charge in [0.15, 0.2) is 11.5 Å². The van der Waals surface area contributed by atoms with E-state index >= 15 is 0 Å². The van der Waals surface area contributed by atoms with Crippen molar-refractivity contribution in [3.63, 3.8) is 0 Å². The van der Waals surface area contributed by atoms with Crippen molar-refractivity contribution in [2.24, 2.45) is 0 Å². The van der Waals surface area contributed by atoms with E-state index in [0.29, 0.717) is 25.4 Å². The zero-order valence-corrected chi connectivity index (χ0v) is 21.3. The standard InChI is InChI=1S/C31H33FN2O3/c1-34(16-3-2-6-24-7-4-8-29-30(24)36-19-18-35-29)17-5-15-31(26-10-12-27(32)13-11-26)28-14-9-23(21-33)20-25(28)22-37-31/h4,7-14,20H,2-3,5-6,15-19,22H2,1H3. The van der Waals surface area contributed by atoms with Crippen molar-refractivity contribution in [3.05, 3.63) is 94.3 Å². The number of hydrogen-bond acceptors (Lipinski definition) is 5. The molecule has 3 aromatic carbocycles. The molecule has 0 aliphatic carbocycles. The number of aryl methyl sites for hydroxylation is 1. The van der Waals surface area contributed by atoms with Crippen LogP contribution in [0.1, 0.15) is 53.5 Å². The van der Waals surface area contributed by atoms with Gasteiger partial charge in [0.05, 0.1) is 18.2 Å². The van der Waals surface area contributed by atoms with E-state index in [1.807, 2.05) is 42.5 Å². The van der Waals surface area contributed by atoms with Gasteiger partial charge in [-0.2, -0.15) is 5.26 Å². The minimum atomic E-state index is -0.619. The molecule has 192 valence electrons. The lowest BCUT2D eigenvalue weighted by Gasteiger charge is -2.31. The Morgan fingerprint density at radius 3 is 2.62 bits per heavy atom. The van der Waals surface area contributed by atoms with E-state index in [1.54, 1.807) is 0 Å². The lowest BCUT2D eigenvalue weighted by Crippen LogP contribution is -2.29. The van der Waals surface area contributed by atoms with E-state index in [1.165, 1.54) is 17.7 Å². The van der Waals surface area contributed by atoms with E-state index in [9.17, 15) is 9.65 Å². The molecule has 0 amide bonds. The van der Waals surface area contributed by atoms with Crippen molar-refractivity contribution in [1.29, 1.82) is 5.26 Å². The summed E-state index contributed by atoms with van der Waals surface area (Å²) in [5, 5.41) is 9.31. The summed E-state index contributed by atoms with van der Waals surface area (Å²) in [5.41, 5.74) is 4.31. The van der Waals surface area contributed by atoms with E-state index < -0.39 is 5.60 Å². The molecule has 1 atom stereocenters. The number of para-hydroxylation sites is 1. The summed E-state index contributed by atoms with van der Waals surface area (Å²) >= 11 is 0. The molecule has 37 heavy (non-hydrogen) atoms. The van der Waals surface area contributed by atoms with Crippen molar-refractivity contribution in [2.45, 2.75) is 44.3 Å². The van der Waals surface area contributed by atoms with Gasteiger partial charge in [0.25, 0.3) is 0 Å². The van der Waals surface area contributed by atoms with Gasteiger partial charge in [0, 0.05) is 0 Å². The summed E-state index contributed by atoms with van der Waals surface area (Å²) in [4.78, 5) is 2.37. The number of nitrogens with zero attached hydrogens (tertiary/aromatic N) is 2. The number of fused-ring (bicyclic) bond motifs is 2. The van der Waals surface area contributed by atoms with Gasteiger partial charge in [0.1, 0.15) is 24.6 Å². The van der Waals surface area contributed by atoms with E-state index in [0.717, 1.165) is 73.4 Å². The second-order valence-electron chi connectivity index (χ2n) is 9.91. The SMILES string of the molecule is CN(CCCCc1cccc2c1OCCO2)CCCC1(c2ccc(F)cc2)OCc2cc(C#N)ccc21. The summed E-state index contributed by atoms with van der Waals surface area (Å²) in [6, 6.07) is 20.8. The van der Waals surface area contributed by atoms with Crippen molar-refractivity contribution >= 4 is 0 Å². The van der Waals surface area contributed by atoms with Crippen LogP contribution in [0.15, 0.2) is 60.7 Å². The minimum absolute atomic E-state index is 0.258. The van der Waals surface area contributed by atoms with Gasteiger partial charge in [0.2, 0.25) is 0 Å². The molecule has 0 bridgehead atoms. The second-order valence-corrected chi connectivity index (χ2v) is 9.91. The van der Waals surface area contributed by atoms with Crippen LogP contribution >= 0.6 is 0 Å². The number of ether oxygens (including phenoxy) is 3. The highest BCUT2D eigenvalue weighted by atomic mass is 19.1. The molecule has 0 N–H and O–H groups in total. The van der Waals surface area contributed by atoms with Gasteiger partial charge in [-0.15, -0.1) is 0 Å². The average molecular weight is 501 g/mol. The molecule has 0 saturated heterocycles. The Morgan fingerprint density at radius 2 is 1.78 bits per heavy atom. The first-order valence-corrected chi connectivity index (χ1v) is 13.1. The molecule has 2 heterocycles. The molecule has 6 heteroatoms. The average Bonchev–Trinajstić information content (AvgIpc) is 3.30. The maximum absolute atomic E-state index is 13.7. The molecule has 0 saturated carbocycles. The number of rotatable bonds is 10. The van der Waals surface area contributed by atoms with Gasteiger partial charge >= 0.3 is 0 Å². The fourth-order valence-electron chi connectivity index (χ4n) is 5.50. The molecular formula is C31H33FN2O3. The molecule has 0 aromatic heterocycles. The first kappa shape index (κ1) is 25.3. The highest BCUT2D eigenvalue weighted by molar-refractivity contribution is 5.48. The van der Waals surface area contributed by atoms with E-state index in [2.05, 4.69) is 24.1 Å². The quantitative estimate of drug-likeness (QED) is 0.321. The third kappa shape index (κ3) is 5.49. The molecule has 5 nitrogen and oxygen atoms in total. The normalized spacial score (nSPS) is 18.0. The molecule has 1 unspecified atom stereocenters. The lowest BCUT2D eigenvalue weighted by molar-refractivity contribution is -0.0142. The Labute approximate surface area is 218 Å². The van der Waals surface area contributed by atoms with Crippen molar-refractivity contribution in [3.8, 4) is 17.6 Å². The van der Waals surface area contributed by atoms with Crippen LogP contribution in [0.25, 0.3) is 0 Å². The van der Waals surface area contributed by atoms with Crippen LogP contribution in [-0.4, -0.2) is 38.3 Å². The monoisotopic (exact) mass is 500 g/mol. The first-order valence-electron chi connectivity index (χ1n) is 13.1. The summed E-state index contributed by atoms with van der Waals surface area (Å²) in [6.45, 7) is 3.63. The van der Waals surface area contributed by atoms with Crippen LogP contribution in [0, 0.1) is 17.1 Å². The fourth-order valence-corrected chi connectivity index (χ4v) is 5.50. The minimum Gasteiger partial charge on any atom is -0.486 e. The van der Waals surface area contributed by atoms with Crippen LogP contribution in [0.4, 0.5) is 4.39 Å². The highest BCUT2D eigenvalue weighted by Crippen LogP contribution is 2.45. The number of hydrogen-bond donors (Lipinski definition) is 0. The molecule has 0 fully saturated rings. The highest BCUT2D eigenvalue weighted by Gasteiger charge is 2.41. The van der Waals surface area contributed by atoms with E-state index in [-0.39, 0.29) is 5.82 Å². The van der Waals surface area contributed by atoms with Crippen molar-refractivity contribution in [1.82, 2.24) is 4.90 Å². The molecule has 0 radical (unpaired) electrons. The number of benzene rings is 3. The molecule has 2 aliphatic heterocycles. The zero-order chi connectivity index (χ0) is 25.7. The number of unbranched alkanes of at least 4 members (excludes halogenated alkanes) is 1. The van der Waals surface area contributed by atoms with Crippen molar-refractivity contribution in [2.75, 3.05) is 33.4 Å². The summed E-state index contributed by atoms with van der Waals surface area (Å²) in [7, 11) is 2.16. The predicted octanol–water partition coefficient (Wildman–Crippen LogP) is 5.98. The Balaban J connectivity index is 1.17. The van der Waals surface area contributed by atoms with Crippen LogP contribution < -0.4 is 9.47 Å². The topological polar surface area (TPSA) is 54.7 Å². The molecule has 2 aliphatic rings. The lowest BCUT2D eigenvalue weighted by atomic mass is 9.81. The van der Waals surface area contributed by atoms with E-state index in [4.69, 9.17) is 14.2 Å². The summed E-state index contributed by atoms with van der Waals surface area (Å²) in [6.07, 6.45) is 4.88. The third-order valence-corrected chi connectivity index (χ3v) is 7.41. The van der Waals surface area contributed by atoms with Gasteiger partial charge < -0.3 is 19.1 Å². The fraction of sp³-hybridized carbons (Fsp3) is 0.387. The molecule has 0 spiro atoms. The Bertz CT molecular complexity index is 1270. The second kappa shape index (κ2) is 11.3. The zero-order valence-electron chi connectivity index (χ0n) is 21.3.